The van der Waals surface area contributed by atoms with Crippen molar-refractivity contribution in [1.29, 1.82) is 0 Å². The number of hydrogen-bond acceptors (Lipinski definition) is 1. The number of unbranched alkanes of at least 4 members (excludes halogenated alkanes) is 1. The van der Waals surface area contributed by atoms with E-state index in [0.29, 0.717) is 5.92 Å². The lowest BCUT2D eigenvalue weighted by Crippen LogP contribution is -2.06. The van der Waals surface area contributed by atoms with Crippen molar-refractivity contribution < 1.29 is 13.2 Å². The Hall–Kier alpha value is -2.79. The van der Waals surface area contributed by atoms with Crippen LogP contribution in [0.3, 0.4) is 0 Å². The number of fused-ring (bicyclic) bond motifs is 1. The summed E-state index contributed by atoms with van der Waals surface area (Å²) >= 11 is 6.23. The van der Waals surface area contributed by atoms with E-state index >= 15 is 0 Å². The van der Waals surface area contributed by atoms with Crippen LogP contribution < -0.4 is 0 Å². The van der Waals surface area contributed by atoms with Gasteiger partial charge >= 0.3 is 6.18 Å². The molecule has 3 aromatic rings. The Morgan fingerprint density at radius 3 is 2.21 bits per heavy atom. The molecule has 0 bridgehead atoms. The predicted molar refractivity (Wildman–Crippen MR) is 164 cm³/mol. The van der Waals surface area contributed by atoms with E-state index in [2.05, 4.69) is 87.6 Å². The molecule has 0 saturated heterocycles. The molecule has 0 amide bonds. The lowest BCUT2D eigenvalue weighted by molar-refractivity contribution is -0.0909. The fourth-order valence-electron chi connectivity index (χ4n) is 3.88. The number of alkyl halides is 3. The zero-order valence-corrected chi connectivity index (χ0v) is 25.2. The van der Waals surface area contributed by atoms with Gasteiger partial charge in [-0.05, 0) is 76.3 Å². The smallest absolute Gasteiger partial charge is 0.358 e. The molecule has 2 aromatic carbocycles. The maximum absolute atomic E-state index is 11.1. The Kier molecular flexibility index (Phi) is 14.9. The van der Waals surface area contributed by atoms with Crippen molar-refractivity contribution in [3.63, 3.8) is 0 Å². The van der Waals surface area contributed by atoms with Crippen LogP contribution in [-0.4, -0.2) is 16.9 Å². The molecule has 2 nitrogen and oxygen atoms in total. The average Bonchev–Trinajstić information content (AvgIpc) is 3.24. The number of H-pyrrole nitrogens is 1. The Bertz CT molecular complexity index is 1220. The minimum atomic E-state index is -4.19. The molecule has 3 rings (SSSR count). The molecule has 1 aromatic heterocycles. The van der Waals surface area contributed by atoms with Crippen molar-refractivity contribution in [2.45, 2.75) is 92.7 Å². The van der Waals surface area contributed by atoms with Crippen molar-refractivity contribution in [3.8, 4) is 0 Å². The molecule has 0 radical (unpaired) electrons. The van der Waals surface area contributed by atoms with E-state index in [1.54, 1.807) is 0 Å². The van der Waals surface area contributed by atoms with Gasteiger partial charge in [-0.1, -0.05) is 87.7 Å². The number of aliphatic imine (C=N–C) groups is 1. The number of benzene rings is 2. The Labute approximate surface area is 238 Å². The van der Waals surface area contributed by atoms with Crippen LogP contribution in [0.5, 0.6) is 0 Å². The fourth-order valence-corrected chi connectivity index (χ4v) is 4.06. The Morgan fingerprint density at radius 2 is 1.69 bits per heavy atom. The van der Waals surface area contributed by atoms with Gasteiger partial charge in [0.15, 0.2) is 0 Å². The van der Waals surface area contributed by atoms with Crippen LogP contribution in [0.4, 0.5) is 13.2 Å². The van der Waals surface area contributed by atoms with Crippen molar-refractivity contribution in [3.05, 3.63) is 94.3 Å². The summed E-state index contributed by atoms with van der Waals surface area (Å²) in [6, 6.07) is 15.0. The Balaban J connectivity index is 0.000000393. The van der Waals surface area contributed by atoms with Crippen LogP contribution in [0.1, 0.15) is 95.5 Å². The lowest BCUT2D eigenvalue weighted by Gasteiger charge is -2.14. The summed E-state index contributed by atoms with van der Waals surface area (Å²) < 4.78 is 33.2. The van der Waals surface area contributed by atoms with Gasteiger partial charge in [0.05, 0.1) is 0 Å². The molecule has 0 spiro atoms. The molecule has 0 aliphatic rings. The van der Waals surface area contributed by atoms with Crippen molar-refractivity contribution in [1.82, 2.24) is 4.98 Å². The molecule has 0 saturated carbocycles. The van der Waals surface area contributed by atoms with Gasteiger partial charge in [-0.25, -0.2) is 0 Å². The monoisotopic (exact) mass is 560 g/mol. The molecule has 0 aliphatic heterocycles. The molecular weight excluding hydrogens is 517 g/mol. The summed E-state index contributed by atoms with van der Waals surface area (Å²) in [5.74, 6) is 0.355. The third kappa shape index (κ3) is 11.9. The highest BCUT2D eigenvalue weighted by Crippen LogP contribution is 2.34. The average molecular weight is 561 g/mol. The number of aromatic amines is 1. The van der Waals surface area contributed by atoms with Gasteiger partial charge in [-0.3, -0.25) is 4.99 Å². The van der Waals surface area contributed by atoms with Gasteiger partial charge in [-0.2, -0.15) is 13.2 Å². The SMILES string of the molecule is C/C=C\N=C(C)CCC.C=C(C)C(F)(F)F.CCCCc1c([C@@H](C)c2ccc(C)cc2)[nH]c2ccc(Cl)cc12. The molecule has 1 atom stereocenters. The van der Waals surface area contributed by atoms with E-state index in [1.807, 2.05) is 25.3 Å². The number of halogens is 4. The van der Waals surface area contributed by atoms with Crippen molar-refractivity contribution >= 4 is 28.2 Å². The van der Waals surface area contributed by atoms with E-state index in [1.165, 1.54) is 58.3 Å². The molecule has 1 heterocycles. The number of hydrogen-bond donors (Lipinski definition) is 1. The molecule has 39 heavy (non-hydrogen) atoms. The third-order valence-electron chi connectivity index (χ3n) is 6.23. The maximum atomic E-state index is 11.1. The first kappa shape index (κ1) is 34.2. The summed E-state index contributed by atoms with van der Waals surface area (Å²) in [6.07, 6.45) is 5.39. The zero-order chi connectivity index (χ0) is 29.6. The minimum Gasteiger partial charge on any atom is -0.358 e. The van der Waals surface area contributed by atoms with Gasteiger partial charge in [0.2, 0.25) is 0 Å². The predicted octanol–water partition coefficient (Wildman–Crippen LogP) is 11.5. The number of aromatic nitrogens is 1. The number of aryl methyl sites for hydroxylation is 2. The minimum absolute atomic E-state index is 0.355. The summed E-state index contributed by atoms with van der Waals surface area (Å²) in [5, 5.41) is 2.09. The molecule has 214 valence electrons. The number of nitrogens with zero attached hydrogens (tertiary/aromatic N) is 1. The van der Waals surface area contributed by atoms with Gasteiger partial charge in [-0.15, -0.1) is 0 Å². The number of allylic oxidation sites excluding steroid dienone is 2. The van der Waals surface area contributed by atoms with E-state index in [4.69, 9.17) is 11.6 Å². The molecule has 6 heteroatoms. The van der Waals surface area contributed by atoms with Crippen LogP contribution in [0.2, 0.25) is 5.02 Å². The normalized spacial score (nSPS) is 12.5. The second-order valence-electron chi connectivity index (χ2n) is 9.82. The standard InChI is InChI=1S/C21H24ClN.C8H15N.C4H5F3/c1-4-5-6-18-19-13-17(22)11-12-20(19)23-21(18)15(3)16-9-7-14(2)8-10-16;1-4-6-8(3)9-7-5-2;1-3(2)4(5,6)7/h7-13,15,23H,4-6H2,1-3H3;5,7H,4,6H2,1-3H3;1H2,2H3/b;7-5-,9-8?;/t15-;;/m0../s1. The van der Waals surface area contributed by atoms with Gasteiger partial charge in [0, 0.05) is 45.0 Å². The summed E-state index contributed by atoms with van der Waals surface area (Å²) in [4.78, 5) is 7.82. The second-order valence-corrected chi connectivity index (χ2v) is 10.3. The van der Waals surface area contributed by atoms with E-state index in [-0.39, 0.29) is 0 Å². The largest absolute Gasteiger partial charge is 0.411 e. The lowest BCUT2D eigenvalue weighted by atomic mass is 9.92. The van der Waals surface area contributed by atoms with Crippen LogP contribution >= 0.6 is 11.6 Å². The quantitative estimate of drug-likeness (QED) is 0.209. The molecule has 1 N–H and O–H groups in total. The first-order valence-electron chi connectivity index (χ1n) is 13.6. The zero-order valence-electron chi connectivity index (χ0n) is 24.5. The van der Waals surface area contributed by atoms with Crippen molar-refractivity contribution in [2.24, 2.45) is 4.99 Å². The van der Waals surface area contributed by atoms with Gasteiger partial charge < -0.3 is 4.98 Å². The summed E-state index contributed by atoms with van der Waals surface area (Å²) in [7, 11) is 0. The first-order valence-corrected chi connectivity index (χ1v) is 14.0. The third-order valence-corrected chi connectivity index (χ3v) is 6.47. The second kappa shape index (κ2) is 17.0. The molecule has 0 fully saturated rings. The molecule has 0 unspecified atom stereocenters. The fraction of sp³-hybridized carbons (Fsp3) is 0.424. The first-order chi connectivity index (χ1) is 18.3. The van der Waals surface area contributed by atoms with Crippen LogP contribution in [-0.2, 0) is 6.42 Å². The van der Waals surface area contributed by atoms with E-state index in [0.717, 1.165) is 24.8 Å². The highest BCUT2D eigenvalue weighted by molar-refractivity contribution is 6.31. The highest BCUT2D eigenvalue weighted by Gasteiger charge is 2.27. The van der Waals surface area contributed by atoms with Gasteiger partial charge in [0.1, 0.15) is 0 Å². The maximum Gasteiger partial charge on any atom is 0.411 e. The highest BCUT2D eigenvalue weighted by atomic mass is 35.5. The summed E-state index contributed by atoms with van der Waals surface area (Å²) in [6.45, 7) is 16.5. The molecular formula is C33H44ClF3N2. The van der Waals surface area contributed by atoms with Crippen LogP contribution in [0, 0.1) is 6.92 Å². The van der Waals surface area contributed by atoms with E-state index < -0.39 is 11.7 Å². The number of nitrogens with one attached hydrogen (secondary N) is 1. The van der Waals surface area contributed by atoms with E-state index in [9.17, 15) is 13.2 Å². The Morgan fingerprint density at radius 1 is 1.08 bits per heavy atom. The topological polar surface area (TPSA) is 28.1 Å². The van der Waals surface area contributed by atoms with Crippen LogP contribution in [0.25, 0.3) is 10.9 Å². The van der Waals surface area contributed by atoms with Gasteiger partial charge in [0.25, 0.3) is 0 Å². The van der Waals surface area contributed by atoms with Crippen LogP contribution in [0.15, 0.2) is 71.9 Å². The number of rotatable bonds is 8. The molecule has 0 aliphatic carbocycles. The summed E-state index contributed by atoms with van der Waals surface area (Å²) in [5.41, 5.74) is 7.07. The van der Waals surface area contributed by atoms with Crippen molar-refractivity contribution in [2.75, 3.05) is 0 Å².